The van der Waals surface area contributed by atoms with Crippen molar-refractivity contribution in [3.05, 3.63) is 37.2 Å². The Bertz CT molecular complexity index is 635. The van der Waals surface area contributed by atoms with Crippen molar-refractivity contribution in [3.8, 4) is 5.75 Å². The standard InChI is InChI=1S/C15H18Br2N2OS/c1-15(2,3)14-19-8-9(21-14)7-18-12-6-13(20-4)11(17)5-10(12)16/h5-6,8,18H,7H2,1-4H3. The molecule has 0 aliphatic carbocycles. The fourth-order valence-electron chi connectivity index (χ4n) is 1.74. The molecule has 1 aromatic carbocycles. The lowest BCUT2D eigenvalue weighted by Gasteiger charge is -2.13. The second-order valence-electron chi connectivity index (χ2n) is 5.70. The topological polar surface area (TPSA) is 34.1 Å². The van der Waals surface area contributed by atoms with Gasteiger partial charge in [-0.25, -0.2) is 4.98 Å². The van der Waals surface area contributed by atoms with Gasteiger partial charge in [0.15, 0.2) is 0 Å². The highest BCUT2D eigenvalue weighted by atomic mass is 79.9. The van der Waals surface area contributed by atoms with Crippen LogP contribution in [0.2, 0.25) is 0 Å². The molecular formula is C15H18Br2N2OS. The average Bonchev–Trinajstić information content (AvgIpc) is 2.86. The number of rotatable bonds is 4. The van der Waals surface area contributed by atoms with E-state index in [1.54, 1.807) is 18.4 Å². The molecule has 0 amide bonds. The summed E-state index contributed by atoms with van der Waals surface area (Å²) in [4.78, 5) is 5.72. The van der Waals surface area contributed by atoms with Crippen molar-refractivity contribution in [3.63, 3.8) is 0 Å². The van der Waals surface area contributed by atoms with Crippen LogP contribution in [0.15, 0.2) is 27.3 Å². The van der Waals surface area contributed by atoms with Crippen LogP contribution in [0.25, 0.3) is 0 Å². The molecule has 1 aromatic heterocycles. The van der Waals surface area contributed by atoms with Gasteiger partial charge in [0.2, 0.25) is 0 Å². The summed E-state index contributed by atoms with van der Waals surface area (Å²) in [7, 11) is 1.66. The first-order chi connectivity index (χ1) is 9.81. The van der Waals surface area contributed by atoms with Gasteiger partial charge < -0.3 is 10.1 Å². The fraction of sp³-hybridized carbons (Fsp3) is 0.400. The highest BCUT2D eigenvalue weighted by Crippen LogP contribution is 2.35. The number of hydrogen-bond acceptors (Lipinski definition) is 4. The molecule has 2 aromatic rings. The molecule has 0 saturated heterocycles. The van der Waals surface area contributed by atoms with Gasteiger partial charge in [-0.15, -0.1) is 11.3 Å². The van der Waals surface area contributed by atoms with Gasteiger partial charge in [-0.3, -0.25) is 0 Å². The van der Waals surface area contributed by atoms with Crippen molar-refractivity contribution >= 4 is 48.9 Å². The number of hydrogen-bond donors (Lipinski definition) is 1. The van der Waals surface area contributed by atoms with E-state index >= 15 is 0 Å². The average molecular weight is 434 g/mol. The molecular weight excluding hydrogens is 416 g/mol. The third kappa shape index (κ3) is 4.20. The Balaban J connectivity index is 2.11. The zero-order valence-electron chi connectivity index (χ0n) is 12.5. The molecule has 0 bridgehead atoms. The maximum Gasteiger partial charge on any atom is 0.135 e. The molecule has 0 fully saturated rings. The molecule has 1 heterocycles. The van der Waals surface area contributed by atoms with Gasteiger partial charge in [-0.2, -0.15) is 0 Å². The summed E-state index contributed by atoms with van der Waals surface area (Å²) in [6.45, 7) is 7.29. The fourth-order valence-corrected chi connectivity index (χ4v) is 3.95. The summed E-state index contributed by atoms with van der Waals surface area (Å²) in [6.07, 6.45) is 1.95. The van der Waals surface area contributed by atoms with E-state index in [0.29, 0.717) is 0 Å². The summed E-state index contributed by atoms with van der Waals surface area (Å²) >= 11 is 8.78. The number of nitrogens with zero attached hydrogens (tertiary/aromatic N) is 1. The van der Waals surface area contributed by atoms with E-state index in [0.717, 1.165) is 31.9 Å². The first kappa shape index (κ1) is 16.8. The number of ether oxygens (including phenoxy) is 1. The first-order valence-electron chi connectivity index (χ1n) is 6.53. The zero-order chi connectivity index (χ0) is 15.6. The van der Waals surface area contributed by atoms with Crippen molar-refractivity contribution in [2.45, 2.75) is 32.7 Å². The number of methoxy groups -OCH3 is 1. The van der Waals surface area contributed by atoms with Crippen LogP contribution in [-0.4, -0.2) is 12.1 Å². The second kappa shape index (κ2) is 6.67. The van der Waals surface area contributed by atoms with Crippen LogP contribution in [0, 0.1) is 0 Å². The lowest BCUT2D eigenvalue weighted by atomic mass is 9.98. The predicted octanol–water partition coefficient (Wildman–Crippen LogP) is 5.59. The lowest BCUT2D eigenvalue weighted by Crippen LogP contribution is -2.09. The SMILES string of the molecule is COc1cc(NCc2cnc(C(C)(C)C)s2)c(Br)cc1Br. The Morgan fingerprint density at radius 1 is 1.24 bits per heavy atom. The lowest BCUT2D eigenvalue weighted by molar-refractivity contribution is 0.412. The van der Waals surface area contributed by atoms with E-state index in [4.69, 9.17) is 4.74 Å². The van der Waals surface area contributed by atoms with Crippen molar-refractivity contribution in [2.24, 2.45) is 0 Å². The summed E-state index contributed by atoms with van der Waals surface area (Å²) in [6, 6.07) is 3.95. The Labute approximate surface area is 146 Å². The summed E-state index contributed by atoms with van der Waals surface area (Å²) in [5, 5.41) is 4.58. The zero-order valence-corrected chi connectivity index (χ0v) is 16.4. The van der Waals surface area contributed by atoms with Crippen LogP contribution < -0.4 is 10.1 Å². The first-order valence-corrected chi connectivity index (χ1v) is 8.93. The van der Waals surface area contributed by atoms with Crippen molar-refractivity contribution in [1.82, 2.24) is 4.98 Å². The van der Waals surface area contributed by atoms with E-state index in [9.17, 15) is 0 Å². The van der Waals surface area contributed by atoms with E-state index in [2.05, 4.69) is 62.9 Å². The van der Waals surface area contributed by atoms with E-state index in [1.807, 2.05) is 18.3 Å². The minimum absolute atomic E-state index is 0.102. The number of thiazole rings is 1. The molecule has 0 aliphatic rings. The predicted molar refractivity (Wildman–Crippen MR) is 96.5 cm³/mol. The molecule has 114 valence electrons. The Kier molecular flexibility index (Phi) is 5.33. The minimum atomic E-state index is 0.102. The van der Waals surface area contributed by atoms with Gasteiger partial charge in [0, 0.05) is 27.0 Å². The molecule has 21 heavy (non-hydrogen) atoms. The third-order valence-corrected chi connectivity index (χ3v) is 5.59. The molecule has 6 heteroatoms. The Morgan fingerprint density at radius 3 is 2.52 bits per heavy atom. The van der Waals surface area contributed by atoms with Crippen molar-refractivity contribution < 1.29 is 4.74 Å². The van der Waals surface area contributed by atoms with Crippen LogP contribution in [0.4, 0.5) is 5.69 Å². The van der Waals surface area contributed by atoms with Crippen LogP contribution in [-0.2, 0) is 12.0 Å². The molecule has 3 nitrogen and oxygen atoms in total. The quantitative estimate of drug-likeness (QED) is 0.682. The summed E-state index contributed by atoms with van der Waals surface area (Å²) in [5.41, 5.74) is 1.10. The monoisotopic (exact) mass is 432 g/mol. The van der Waals surface area contributed by atoms with E-state index in [-0.39, 0.29) is 5.41 Å². The molecule has 0 spiro atoms. The van der Waals surface area contributed by atoms with Gasteiger partial charge >= 0.3 is 0 Å². The smallest absolute Gasteiger partial charge is 0.135 e. The van der Waals surface area contributed by atoms with Crippen LogP contribution >= 0.6 is 43.2 Å². The molecule has 1 N–H and O–H groups in total. The number of nitrogens with one attached hydrogen (secondary N) is 1. The third-order valence-electron chi connectivity index (χ3n) is 2.89. The molecule has 0 unspecified atom stereocenters. The minimum Gasteiger partial charge on any atom is -0.495 e. The van der Waals surface area contributed by atoms with Gasteiger partial charge in [-0.1, -0.05) is 20.8 Å². The number of halogens is 2. The number of anilines is 1. The highest BCUT2D eigenvalue weighted by Gasteiger charge is 2.18. The largest absolute Gasteiger partial charge is 0.495 e. The van der Waals surface area contributed by atoms with Crippen molar-refractivity contribution in [2.75, 3.05) is 12.4 Å². The maximum atomic E-state index is 5.32. The Hall–Kier alpha value is -0.590. The summed E-state index contributed by atoms with van der Waals surface area (Å²) in [5.74, 6) is 0.806. The van der Waals surface area contributed by atoms with Crippen LogP contribution in [0.3, 0.4) is 0 Å². The van der Waals surface area contributed by atoms with Crippen LogP contribution in [0.1, 0.15) is 30.7 Å². The van der Waals surface area contributed by atoms with E-state index < -0.39 is 0 Å². The maximum absolute atomic E-state index is 5.32. The van der Waals surface area contributed by atoms with Crippen molar-refractivity contribution in [1.29, 1.82) is 0 Å². The normalized spacial score (nSPS) is 11.5. The second-order valence-corrected chi connectivity index (χ2v) is 8.53. The number of aromatic nitrogens is 1. The van der Waals surface area contributed by atoms with Gasteiger partial charge in [0.05, 0.1) is 28.8 Å². The van der Waals surface area contributed by atoms with Crippen LogP contribution in [0.5, 0.6) is 5.75 Å². The Morgan fingerprint density at radius 2 is 1.95 bits per heavy atom. The summed E-state index contributed by atoms with van der Waals surface area (Å²) < 4.78 is 7.25. The molecule has 0 atom stereocenters. The molecule has 2 rings (SSSR count). The van der Waals surface area contributed by atoms with Gasteiger partial charge in [0.1, 0.15) is 5.75 Å². The molecule has 0 radical (unpaired) electrons. The molecule has 0 aliphatic heterocycles. The van der Waals surface area contributed by atoms with Gasteiger partial charge in [-0.05, 0) is 37.9 Å². The molecule has 0 saturated carbocycles. The van der Waals surface area contributed by atoms with Gasteiger partial charge in [0.25, 0.3) is 0 Å². The van der Waals surface area contributed by atoms with E-state index in [1.165, 1.54) is 4.88 Å². The number of benzene rings is 1. The highest BCUT2D eigenvalue weighted by molar-refractivity contribution is 9.11.